The number of carbonyl (C=O) groups excluding carboxylic acids is 1. The van der Waals surface area contributed by atoms with Crippen molar-refractivity contribution in [3.8, 4) is 0 Å². The Morgan fingerprint density at radius 1 is 1.14 bits per heavy atom. The van der Waals surface area contributed by atoms with Crippen LogP contribution in [0.15, 0.2) is 23.3 Å². The lowest BCUT2D eigenvalue weighted by molar-refractivity contribution is -0.115. The van der Waals surface area contributed by atoms with Gasteiger partial charge in [-0.15, -0.1) is 0 Å². The summed E-state index contributed by atoms with van der Waals surface area (Å²) in [6.45, 7) is 6.70. The predicted molar refractivity (Wildman–Crippen MR) is 87.3 cm³/mol. The number of hydrogen-bond donors (Lipinski definition) is 1. The van der Waals surface area contributed by atoms with Crippen molar-refractivity contribution in [3.63, 3.8) is 0 Å². The summed E-state index contributed by atoms with van der Waals surface area (Å²) in [5.74, 6) is 1.54. The lowest BCUT2D eigenvalue weighted by Crippen LogP contribution is -2.49. The summed E-state index contributed by atoms with van der Waals surface area (Å²) in [6.07, 6.45) is 11.4. The standard InChI is InChI=1S/C20H28O2/c1-18-9-6-14(21)12-13(18)4-5-15-16(18)7-10-19(2)17(15)8-11-20(19,3)22/h7,12,15,17,22H,4-6,8-11H2,1-3H3/t15-,17-,18+,19+,20+/m1/s1. The Balaban J connectivity index is 1.77. The molecule has 2 saturated carbocycles. The minimum Gasteiger partial charge on any atom is -0.390 e. The molecule has 1 N–H and O–H groups in total. The highest BCUT2D eigenvalue weighted by Crippen LogP contribution is 2.65. The van der Waals surface area contributed by atoms with Gasteiger partial charge < -0.3 is 5.11 Å². The number of fused-ring (bicyclic) bond motifs is 5. The quantitative estimate of drug-likeness (QED) is 0.681. The second kappa shape index (κ2) is 4.35. The molecule has 0 heterocycles. The van der Waals surface area contributed by atoms with E-state index in [4.69, 9.17) is 0 Å². The normalized spacial score (nSPS) is 50.6. The van der Waals surface area contributed by atoms with Crippen molar-refractivity contribution in [3.05, 3.63) is 23.3 Å². The molecule has 0 amide bonds. The van der Waals surface area contributed by atoms with Gasteiger partial charge in [0, 0.05) is 17.3 Å². The largest absolute Gasteiger partial charge is 0.390 e. The second-order valence-corrected chi connectivity index (χ2v) is 8.81. The molecule has 0 radical (unpaired) electrons. The Hall–Kier alpha value is -0.890. The molecule has 4 rings (SSSR count). The van der Waals surface area contributed by atoms with E-state index >= 15 is 0 Å². The van der Waals surface area contributed by atoms with E-state index in [0.717, 1.165) is 38.5 Å². The van der Waals surface area contributed by atoms with E-state index in [1.54, 1.807) is 5.57 Å². The Bertz CT molecular complexity index is 597. The zero-order chi connectivity index (χ0) is 15.8. The zero-order valence-corrected chi connectivity index (χ0v) is 14.1. The van der Waals surface area contributed by atoms with Gasteiger partial charge in [0.15, 0.2) is 5.78 Å². The van der Waals surface area contributed by atoms with Gasteiger partial charge in [-0.3, -0.25) is 4.79 Å². The Morgan fingerprint density at radius 3 is 2.68 bits per heavy atom. The first-order chi connectivity index (χ1) is 10.3. The third-order valence-electron chi connectivity index (χ3n) is 7.90. The second-order valence-electron chi connectivity index (χ2n) is 8.81. The van der Waals surface area contributed by atoms with Crippen LogP contribution in [0.3, 0.4) is 0 Å². The lowest BCUT2D eigenvalue weighted by Gasteiger charge is -2.54. The molecule has 4 aliphatic rings. The van der Waals surface area contributed by atoms with Gasteiger partial charge in [-0.2, -0.15) is 0 Å². The van der Waals surface area contributed by atoms with Crippen LogP contribution in [0.25, 0.3) is 0 Å². The first-order valence-electron chi connectivity index (χ1n) is 8.95. The number of aliphatic hydroxyl groups is 1. The highest BCUT2D eigenvalue weighted by atomic mass is 16.3. The third kappa shape index (κ3) is 1.68. The Morgan fingerprint density at radius 2 is 1.91 bits per heavy atom. The molecule has 0 spiro atoms. The maximum absolute atomic E-state index is 11.8. The summed E-state index contributed by atoms with van der Waals surface area (Å²) in [6, 6.07) is 0. The average Bonchev–Trinajstić information content (AvgIpc) is 2.70. The smallest absolute Gasteiger partial charge is 0.155 e. The van der Waals surface area contributed by atoms with Crippen LogP contribution in [-0.2, 0) is 4.79 Å². The molecule has 2 fully saturated rings. The van der Waals surface area contributed by atoms with E-state index in [0.29, 0.717) is 24.0 Å². The predicted octanol–water partition coefficient (Wildman–Crippen LogP) is 4.19. The van der Waals surface area contributed by atoms with Gasteiger partial charge >= 0.3 is 0 Å². The van der Waals surface area contributed by atoms with Crippen LogP contribution >= 0.6 is 0 Å². The van der Waals surface area contributed by atoms with Crippen LogP contribution in [0.1, 0.15) is 65.7 Å². The first-order valence-corrected chi connectivity index (χ1v) is 8.95. The van der Waals surface area contributed by atoms with Crippen LogP contribution < -0.4 is 0 Å². The summed E-state index contributed by atoms with van der Waals surface area (Å²) in [5, 5.41) is 10.9. The molecule has 0 saturated heterocycles. The van der Waals surface area contributed by atoms with E-state index in [-0.39, 0.29) is 10.8 Å². The topological polar surface area (TPSA) is 37.3 Å². The number of ketones is 1. The molecule has 2 nitrogen and oxygen atoms in total. The number of hydrogen-bond acceptors (Lipinski definition) is 2. The minimum atomic E-state index is -0.529. The average molecular weight is 300 g/mol. The van der Waals surface area contributed by atoms with Gasteiger partial charge in [-0.25, -0.2) is 0 Å². The van der Waals surface area contributed by atoms with Crippen LogP contribution in [0, 0.1) is 22.7 Å². The van der Waals surface area contributed by atoms with Crippen molar-refractivity contribution in [2.45, 2.75) is 71.3 Å². The van der Waals surface area contributed by atoms with Crippen molar-refractivity contribution in [2.75, 3.05) is 0 Å². The van der Waals surface area contributed by atoms with Crippen molar-refractivity contribution < 1.29 is 9.90 Å². The van der Waals surface area contributed by atoms with Crippen LogP contribution in [-0.4, -0.2) is 16.5 Å². The van der Waals surface area contributed by atoms with Crippen LogP contribution in [0.5, 0.6) is 0 Å². The number of rotatable bonds is 0. The van der Waals surface area contributed by atoms with Crippen molar-refractivity contribution >= 4 is 5.78 Å². The monoisotopic (exact) mass is 300 g/mol. The molecular weight excluding hydrogens is 272 g/mol. The van der Waals surface area contributed by atoms with Gasteiger partial charge in [0.25, 0.3) is 0 Å². The van der Waals surface area contributed by atoms with Gasteiger partial charge in [0.2, 0.25) is 0 Å². The van der Waals surface area contributed by atoms with Crippen LogP contribution in [0.2, 0.25) is 0 Å². The highest BCUT2D eigenvalue weighted by molar-refractivity contribution is 5.92. The van der Waals surface area contributed by atoms with E-state index in [9.17, 15) is 9.90 Å². The van der Waals surface area contributed by atoms with Gasteiger partial charge in [-0.05, 0) is 63.4 Å². The molecule has 120 valence electrons. The number of carbonyl (C=O) groups is 1. The minimum absolute atomic E-state index is 0.0310. The van der Waals surface area contributed by atoms with Crippen molar-refractivity contribution in [1.82, 2.24) is 0 Å². The molecule has 5 atom stereocenters. The van der Waals surface area contributed by atoms with E-state index in [1.807, 2.05) is 13.0 Å². The fourth-order valence-corrected chi connectivity index (χ4v) is 6.09. The summed E-state index contributed by atoms with van der Waals surface area (Å²) < 4.78 is 0. The zero-order valence-electron chi connectivity index (χ0n) is 14.1. The SMILES string of the molecule is C[C@]12CCC(=O)C=C1CC[C@@H]1C2=CC[C@@]2(C)[C@@H]1CC[C@]2(C)O. The van der Waals surface area contributed by atoms with E-state index < -0.39 is 5.60 Å². The number of allylic oxidation sites excluding steroid dienone is 4. The molecular formula is C20H28O2. The molecule has 0 unspecified atom stereocenters. The fraction of sp³-hybridized carbons (Fsp3) is 0.750. The Kier molecular flexibility index (Phi) is 2.90. The first kappa shape index (κ1) is 14.7. The molecule has 0 aromatic heterocycles. The van der Waals surface area contributed by atoms with Gasteiger partial charge in [0.1, 0.15) is 0 Å². The summed E-state index contributed by atoms with van der Waals surface area (Å²) in [5.41, 5.74) is 2.59. The third-order valence-corrected chi connectivity index (χ3v) is 7.90. The molecule has 2 heteroatoms. The summed E-state index contributed by atoms with van der Waals surface area (Å²) in [4.78, 5) is 11.8. The van der Waals surface area contributed by atoms with Crippen molar-refractivity contribution in [1.29, 1.82) is 0 Å². The molecule has 22 heavy (non-hydrogen) atoms. The van der Waals surface area contributed by atoms with E-state index in [1.165, 1.54) is 5.57 Å². The summed E-state index contributed by atoms with van der Waals surface area (Å²) in [7, 11) is 0. The van der Waals surface area contributed by atoms with E-state index in [2.05, 4.69) is 19.9 Å². The van der Waals surface area contributed by atoms with Crippen LogP contribution in [0.4, 0.5) is 0 Å². The summed E-state index contributed by atoms with van der Waals surface area (Å²) >= 11 is 0. The maximum Gasteiger partial charge on any atom is 0.155 e. The van der Waals surface area contributed by atoms with Gasteiger partial charge in [-0.1, -0.05) is 31.1 Å². The molecule has 0 aromatic rings. The molecule has 0 bridgehead atoms. The van der Waals surface area contributed by atoms with Gasteiger partial charge in [0.05, 0.1) is 5.60 Å². The lowest BCUT2D eigenvalue weighted by atomic mass is 9.51. The fourth-order valence-electron chi connectivity index (χ4n) is 6.09. The molecule has 0 aliphatic heterocycles. The Labute approximate surface area is 133 Å². The molecule has 4 aliphatic carbocycles. The van der Waals surface area contributed by atoms with Crippen molar-refractivity contribution in [2.24, 2.45) is 22.7 Å². The molecule has 0 aromatic carbocycles. The maximum atomic E-state index is 11.8. The highest BCUT2D eigenvalue weighted by Gasteiger charge is 2.59.